The van der Waals surface area contributed by atoms with Crippen molar-refractivity contribution in [2.24, 2.45) is 13.0 Å². The molecule has 1 amide bonds. The zero-order valence-corrected chi connectivity index (χ0v) is 17.0. The summed E-state index contributed by atoms with van der Waals surface area (Å²) in [7, 11) is 1.94. The fraction of sp³-hybridized carbons (Fsp3) is 0.632. The Morgan fingerprint density at radius 3 is 2.92 bits per heavy atom. The monoisotopic (exact) mass is 375 g/mol. The molecule has 1 aliphatic rings. The van der Waals surface area contributed by atoms with Gasteiger partial charge in [0.15, 0.2) is 5.13 Å². The number of likely N-dealkylation sites (tertiary alicyclic amines) is 1. The number of rotatable bonds is 6. The molecule has 0 saturated carbocycles. The lowest BCUT2D eigenvalue weighted by atomic mass is 10.0. The van der Waals surface area contributed by atoms with E-state index < -0.39 is 0 Å². The first-order valence-electron chi connectivity index (χ1n) is 9.38. The largest absolute Gasteiger partial charge is 0.302 e. The molecule has 3 rings (SSSR count). The Morgan fingerprint density at radius 1 is 1.42 bits per heavy atom. The Balaban J connectivity index is 1.49. The van der Waals surface area contributed by atoms with E-state index in [1.807, 2.05) is 25.6 Å². The van der Waals surface area contributed by atoms with Gasteiger partial charge in [-0.3, -0.25) is 14.4 Å². The van der Waals surface area contributed by atoms with Gasteiger partial charge in [0, 0.05) is 37.6 Å². The minimum Gasteiger partial charge on any atom is -0.302 e. The van der Waals surface area contributed by atoms with E-state index in [4.69, 9.17) is 0 Å². The van der Waals surface area contributed by atoms with E-state index >= 15 is 0 Å². The van der Waals surface area contributed by atoms with Crippen molar-refractivity contribution in [1.82, 2.24) is 19.7 Å². The van der Waals surface area contributed by atoms with Gasteiger partial charge in [0.2, 0.25) is 5.91 Å². The lowest BCUT2D eigenvalue weighted by Crippen LogP contribution is -2.33. The summed E-state index contributed by atoms with van der Waals surface area (Å²) in [5.41, 5.74) is 4.35. The van der Waals surface area contributed by atoms with Crippen molar-refractivity contribution in [1.29, 1.82) is 0 Å². The second-order valence-electron chi connectivity index (χ2n) is 7.45. The van der Waals surface area contributed by atoms with Crippen LogP contribution in [0.5, 0.6) is 0 Å². The van der Waals surface area contributed by atoms with E-state index in [0.717, 1.165) is 42.6 Å². The summed E-state index contributed by atoms with van der Waals surface area (Å²) >= 11 is 1.51. The fourth-order valence-electron chi connectivity index (χ4n) is 3.70. The summed E-state index contributed by atoms with van der Waals surface area (Å²) in [6, 6.07) is 0. The Kier molecular flexibility index (Phi) is 6.09. The number of aromatic nitrogens is 3. The van der Waals surface area contributed by atoms with Gasteiger partial charge in [-0.2, -0.15) is 5.10 Å². The number of piperidine rings is 1. The standard InChI is InChI=1S/C19H29N5OS/c1-13-6-5-9-24(10-13)11-16-12-26-19(20-16)21-18(25)8-7-17-14(2)22-23(4)15(17)3/h12-13H,5-11H2,1-4H3,(H,20,21,25). The molecule has 1 N–H and O–H groups in total. The topological polar surface area (TPSA) is 63.1 Å². The minimum absolute atomic E-state index is 0.0140. The molecular formula is C19H29N5OS. The van der Waals surface area contributed by atoms with Crippen LogP contribution in [0.2, 0.25) is 0 Å². The molecule has 0 aromatic carbocycles. The van der Waals surface area contributed by atoms with Crippen molar-refractivity contribution in [2.75, 3.05) is 18.4 Å². The van der Waals surface area contributed by atoms with Gasteiger partial charge in [0.25, 0.3) is 0 Å². The van der Waals surface area contributed by atoms with Crippen molar-refractivity contribution in [3.8, 4) is 0 Å². The number of nitrogens with one attached hydrogen (secondary N) is 1. The smallest absolute Gasteiger partial charge is 0.226 e. The van der Waals surface area contributed by atoms with E-state index in [0.29, 0.717) is 18.0 Å². The average molecular weight is 376 g/mol. The number of hydrogen-bond donors (Lipinski definition) is 1. The molecule has 0 radical (unpaired) electrons. The van der Waals surface area contributed by atoms with Crippen molar-refractivity contribution >= 4 is 22.4 Å². The molecule has 0 aliphatic carbocycles. The summed E-state index contributed by atoms with van der Waals surface area (Å²) in [4.78, 5) is 19.3. The van der Waals surface area contributed by atoms with Crippen LogP contribution in [0.15, 0.2) is 5.38 Å². The fourth-order valence-corrected chi connectivity index (χ4v) is 4.41. The Hall–Kier alpha value is -1.73. The zero-order chi connectivity index (χ0) is 18.7. The van der Waals surface area contributed by atoms with Crippen LogP contribution < -0.4 is 5.32 Å². The first kappa shape index (κ1) is 19.0. The van der Waals surface area contributed by atoms with E-state index in [9.17, 15) is 4.79 Å². The molecule has 1 unspecified atom stereocenters. The zero-order valence-electron chi connectivity index (χ0n) is 16.2. The van der Waals surface area contributed by atoms with Crippen LogP contribution in [-0.4, -0.2) is 38.7 Å². The predicted molar refractivity (Wildman–Crippen MR) is 105 cm³/mol. The van der Waals surface area contributed by atoms with Crippen molar-refractivity contribution in [3.05, 3.63) is 28.0 Å². The highest BCUT2D eigenvalue weighted by Gasteiger charge is 2.18. The molecular weight excluding hydrogens is 346 g/mol. The maximum absolute atomic E-state index is 12.3. The molecule has 26 heavy (non-hydrogen) atoms. The molecule has 0 spiro atoms. The van der Waals surface area contributed by atoms with Crippen LogP contribution in [0.25, 0.3) is 0 Å². The van der Waals surface area contributed by atoms with Crippen LogP contribution in [0.3, 0.4) is 0 Å². The number of nitrogens with zero attached hydrogens (tertiary/aromatic N) is 4. The van der Waals surface area contributed by atoms with Gasteiger partial charge >= 0.3 is 0 Å². The highest BCUT2D eigenvalue weighted by molar-refractivity contribution is 7.13. The molecule has 0 bridgehead atoms. The normalized spacial score (nSPS) is 18.2. The number of thiazole rings is 1. The number of anilines is 1. The van der Waals surface area contributed by atoms with Crippen LogP contribution >= 0.6 is 11.3 Å². The molecule has 7 heteroatoms. The lowest BCUT2D eigenvalue weighted by Gasteiger charge is -2.30. The van der Waals surface area contributed by atoms with Crippen LogP contribution in [0.1, 0.15) is 48.8 Å². The molecule has 142 valence electrons. The first-order valence-corrected chi connectivity index (χ1v) is 10.3. The highest BCUT2D eigenvalue weighted by atomic mass is 32.1. The van der Waals surface area contributed by atoms with Crippen molar-refractivity contribution in [2.45, 2.75) is 53.0 Å². The number of carbonyl (C=O) groups is 1. The average Bonchev–Trinajstić information content (AvgIpc) is 3.10. The van der Waals surface area contributed by atoms with E-state index in [1.165, 1.54) is 29.7 Å². The first-order chi connectivity index (χ1) is 12.4. The van der Waals surface area contributed by atoms with E-state index in [2.05, 4.69) is 32.6 Å². The predicted octanol–water partition coefficient (Wildman–Crippen LogP) is 3.30. The lowest BCUT2D eigenvalue weighted by molar-refractivity contribution is -0.116. The molecule has 6 nitrogen and oxygen atoms in total. The van der Waals surface area contributed by atoms with Crippen LogP contribution in [-0.2, 0) is 24.8 Å². The van der Waals surface area contributed by atoms with Gasteiger partial charge in [-0.25, -0.2) is 4.98 Å². The van der Waals surface area contributed by atoms with Gasteiger partial charge in [0.1, 0.15) is 0 Å². The summed E-state index contributed by atoms with van der Waals surface area (Å²) in [5, 5.41) is 10.1. The minimum atomic E-state index is 0.0140. The third-order valence-electron chi connectivity index (χ3n) is 5.19. The number of aryl methyl sites for hydroxylation is 2. The van der Waals surface area contributed by atoms with E-state index in [-0.39, 0.29) is 5.91 Å². The quantitative estimate of drug-likeness (QED) is 0.841. The highest BCUT2D eigenvalue weighted by Crippen LogP contribution is 2.21. The van der Waals surface area contributed by atoms with Gasteiger partial charge in [0.05, 0.1) is 11.4 Å². The summed E-state index contributed by atoms with van der Waals surface area (Å²) < 4.78 is 1.87. The second kappa shape index (κ2) is 8.31. The Morgan fingerprint density at radius 2 is 2.23 bits per heavy atom. The summed E-state index contributed by atoms with van der Waals surface area (Å²) in [6.45, 7) is 9.52. The number of carbonyl (C=O) groups excluding carboxylic acids is 1. The molecule has 2 aromatic rings. The van der Waals surface area contributed by atoms with Gasteiger partial charge in [-0.15, -0.1) is 11.3 Å². The molecule has 1 fully saturated rings. The van der Waals surface area contributed by atoms with Gasteiger partial charge in [-0.05, 0) is 51.1 Å². The third-order valence-corrected chi connectivity index (χ3v) is 5.99. The SMILES string of the molecule is Cc1nn(C)c(C)c1CCC(=O)Nc1nc(CN2CCCC(C)C2)cs1. The maximum atomic E-state index is 12.3. The second-order valence-corrected chi connectivity index (χ2v) is 8.31. The van der Waals surface area contributed by atoms with Crippen LogP contribution in [0, 0.1) is 19.8 Å². The van der Waals surface area contributed by atoms with Gasteiger partial charge in [-0.1, -0.05) is 6.92 Å². The van der Waals surface area contributed by atoms with Gasteiger partial charge < -0.3 is 5.32 Å². The van der Waals surface area contributed by atoms with E-state index in [1.54, 1.807) is 0 Å². The molecule has 1 saturated heterocycles. The van der Waals surface area contributed by atoms with Crippen molar-refractivity contribution < 1.29 is 4.79 Å². The number of amides is 1. The van der Waals surface area contributed by atoms with Crippen molar-refractivity contribution in [3.63, 3.8) is 0 Å². The van der Waals surface area contributed by atoms with Crippen LogP contribution in [0.4, 0.5) is 5.13 Å². The maximum Gasteiger partial charge on any atom is 0.226 e. The third kappa shape index (κ3) is 4.71. The molecule has 2 aromatic heterocycles. The molecule has 1 atom stereocenters. The molecule has 1 aliphatic heterocycles. The Labute approximate surface area is 159 Å². The number of hydrogen-bond acceptors (Lipinski definition) is 5. The summed E-state index contributed by atoms with van der Waals surface area (Å²) in [5.74, 6) is 0.779. The Bertz CT molecular complexity index is 766. The summed E-state index contributed by atoms with van der Waals surface area (Å²) in [6.07, 6.45) is 3.75. The molecule has 3 heterocycles.